The van der Waals surface area contributed by atoms with Gasteiger partial charge in [0.15, 0.2) is 31.5 Å². The predicted molar refractivity (Wildman–Crippen MR) is 174 cm³/mol. The Morgan fingerprint density at radius 2 is 0.911 bits per heavy atom. The molecule has 0 unspecified atom stereocenters. The van der Waals surface area contributed by atoms with E-state index in [-0.39, 0.29) is 0 Å². The highest BCUT2D eigenvalue weighted by Crippen LogP contribution is 2.37. The average Bonchev–Trinajstić information content (AvgIpc) is 3.15. The summed E-state index contributed by atoms with van der Waals surface area (Å²) in [5.74, 6) is -0.688. The van der Waals surface area contributed by atoms with Crippen LogP contribution in [0.25, 0.3) is 0 Å². The van der Waals surface area contributed by atoms with E-state index < -0.39 is 173 Å². The molecule has 0 spiro atoms. The number of amides is 1. The summed E-state index contributed by atoms with van der Waals surface area (Å²) in [5.41, 5.74) is 0. The van der Waals surface area contributed by atoms with Gasteiger partial charge in [-0.1, -0.05) is 0 Å². The Morgan fingerprint density at radius 1 is 0.464 bits per heavy atom. The van der Waals surface area contributed by atoms with Crippen molar-refractivity contribution in [3.05, 3.63) is 0 Å². The highest BCUT2D eigenvalue weighted by molar-refractivity contribution is 5.73. The van der Waals surface area contributed by atoms with Gasteiger partial charge in [-0.2, -0.15) is 0 Å². The maximum atomic E-state index is 12.0. The molecule has 0 radical (unpaired) electrons. The largest absolute Gasteiger partial charge is 0.394 e. The highest BCUT2D eigenvalue weighted by Gasteiger charge is 2.57. The summed E-state index contributed by atoms with van der Waals surface area (Å²) >= 11 is 0. The molecule has 0 aliphatic carbocycles. The first-order valence-corrected chi connectivity index (χ1v) is 18.2. The highest BCUT2D eigenvalue weighted by atomic mass is 16.8. The van der Waals surface area contributed by atoms with Gasteiger partial charge < -0.3 is 114 Å². The third-order valence-corrected chi connectivity index (χ3v) is 10.6. The normalized spacial score (nSPS) is 53.1. The van der Waals surface area contributed by atoms with E-state index >= 15 is 0 Å². The van der Waals surface area contributed by atoms with Crippen LogP contribution in [0.5, 0.6) is 0 Å². The van der Waals surface area contributed by atoms with Gasteiger partial charge in [0.1, 0.15) is 104 Å². The Kier molecular flexibility index (Phi) is 15.4. The summed E-state index contributed by atoms with van der Waals surface area (Å²) in [6.45, 7) is 3.55. The van der Waals surface area contributed by atoms with Gasteiger partial charge in [-0.15, -0.1) is 0 Å². The van der Waals surface area contributed by atoms with E-state index in [0.29, 0.717) is 0 Å². The molecular weight excluding hydrogens is 766 g/mol. The van der Waals surface area contributed by atoms with Gasteiger partial charge in [0.2, 0.25) is 5.91 Å². The van der Waals surface area contributed by atoms with Crippen LogP contribution in [-0.2, 0) is 47.4 Å². The number of ether oxygens (including phenoxy) is 9. The number of hydrogen-bond donors (Lipinski definition) is 14. The van der Waals surface area contributed by atoms with Crippen LogP contribution in [0.2, 0.25) is 0 Å². The van der Waals surface area contributed by atoms with Gasteiger partial charge in [-0.3, -0.25) is 4.79 Å². The second kappa shape index (κ2) is 18.9. The minimum absolute atomic E-state index is 0.688. The van der Waals surface area contributed by atoms with Crippen molar-refractivity contribution in [2.24, 2.45) is 0 Å². The van der Waals surface area contributed by atoms with Crippen molar-refractivity contribution >= 4 is 5.91 Å². The molecule has 5 aliphatic rings. The van der Waals surface area contributed by atoms with E-state index in [1.54, 1.807) is 0 Å². The lowest BCUT2D eigenvalue weighted by atomic mass is 9.94. The van der Waals surface area contributed by atoms with Crippen LogP contribution in [0.4, 0.5) is 0 Å². The number of nitrogens with one attached hydrogen (secondary N) is 1. The van der Waals surface area contributed by atoms with Crippen molar-refractivity contribution in [1.29, 1.82) is 0 Å². The summed E-state index contributed by atoms with van der Waals surface area (Å²) in [6, 6.07) is -1.49. The predicted octanol–water partition coefficient (Wildman–Crippen LogP) is -8.70. The van der Waals surface area contributed by atoms with Crippen LogP contribution in [0.1, 0.15) is 27.7 Å². The number of carbonyl (C=O) groups is 1. The smallest absolute Gasteiger partial charge is 0.217 e. The number of aliphatic hydroxyl groups excluding tert-OH is 13. The van der Waals surface area contributed by atoms with E-state index in [9.17, 15) is 71.2 Å². The SMILES string of the molecule is CC(=O)N[C@@H]1[C@@H](O[C@@H]2O[C@@H](C)[C@H](O[C@H]3O[C@H](CO)[C@@H](O)[C@H](O)[C@H]3O)[C@@H](O[C@@H]3O[C@@H](C)[C@H](O)[C@@H](O)[C@H]3O[C@@H]3O[C@@H](C)[C@H](O)[C@@H](O)[C@H]3O)[C@H]2O)[C@H](O)[C@@H](CO)O[C@H]1O. The van der Waals surface area contributed by atoms with Crippen molar-refractivity contribution < 1.29 is 114 Å². The summed E-state index contributed by atoms with van der Waals surface area (Å²) in [7, 11) is 0. The van der Waals surface area contributed by atoms with Crippen LogP contribution >= 0.6 is 0 Å². The molecule has 5 saturated heterocycles. The molecule has 14 N–H and O–H groups in total. The summed E-state index contributed by atoms with van der Waals surface area (Å²) in [5, 5.41) is 140. The quantitative estimate of drug-likeness (QED) is 0.0920. The molecule has 5 heterocycles. The molecule has 0 aromatic heterocycles. The molecule has 5 fully saturated rings. The number of hydrogen-bond acceptors (Lipinski definition) is 23. The number of aliphatic hydroxyl groups is 13. The van der Waals surface area contributed by atoms with Crippen molar-refractivity contribution in [1.82, 2.24) is 5.32 Å². The Morgan fingerprint density at radius 3 is 1.50 bits per heavy atom. The fraction of sp³-hybridized carbons (Fsp3) is 0.969. The molecule has 0 aromatic rings. The van der Waals surface area contributed by atoms with Gasteiger partial charge >= 0.3 is 0 Å². The van der Waals surface area contributed by atoms with E-state index in [1.165, 1.54) is 20.8 Å². The lowest BCUT2D eigenvalue weighted by molar-refractivity contribution is -0.402. The molecule has 5 rings (SSSR count). The molecule has 25 atom stereocenters. The van der Waals surface area contributed by atoms with Crippen molar-refractivity contribution in [2.45, 2.75) is 181 Å². The van der Waals surface area contributed by atoms with Crippen molar-refractivity contribution in [3.63, 3.8) is 0 Å². The lowest BCUT2D eigenvalue weighted by Gasteiger charge is -2.51. The lowest BCUT2D eigenvalue weighted by Crippen LogP contribution is -2.69. The van der Waals surface area contributed by atoms with Crippen LogP contribution in [0.15, 0.2) is 0 Å². The Labute approximate surface area is 319 Å². The molecule has 5 aliphatic heterocycles. The standard InChI is InChI=1S/C32H55NO23/c1-7-14(37)18(41)21(44)29(48-7)56-27-20(43)15(38)8(2)49-32(27)55-26-23(46)31(54-25-13(33-10(4)36)28(47)51-12(6-35)17(25)40)50-9(3)24(26)53-30-22(45)19(42)16(39)11(5-34)52-30/h7-9,11-32,34-35,37-47H,5-6H2,1-4H3,(H,33,36)/t7-,8-,9-,11+,12+,13+,14-,15-,16+,17+,18+,19-,20+,21+,22+,23+,24-,25+,26-,27+,28+,29-,30+,31-,32-/m0/s1. The average molecular weight is 822 g/mol. The Balaban J connectivity index is 1.48. The maximum absolute atomic E-state index is 12.0. The van der Waals surface area contributed by atoms with E-state index in [1.807, 2.05) is 0 Å². The van der Waals surface area contributed by atoms with Crippen LogP contribution in [0, 0.1) is 0 Å². The maximum Gasteiger partial charge on any atom is 0.217 e. The Bertz CT molecular complexity index is 1270. The summed E-state index contributed by atoms with van der Waals surface area (Å²) in [6.07, 6.45) is -40.5. The second-order valence-corrected chi connectivity index (χ2v) is 14.6. The molecular formula is C32H55NO23. The molecule has 56 heavy (non-hydrogen) atoms. The van der Waals surface area contributed by atoms with Crippen molar-refractivity contribution in [3.8, 4) is 0 Å². The topological polar surface area (TPSA) is 375 Å². The molecule has 0 saturated carbocycles. The zero-order valence-corrected chi connectivity index (χ0v) is 30.7. The number of carbonyl (C=O) groups excluding carboxylic acids is 1. The molecule has 0 aromatic carbocycles. The van der Waals surface area contributed by atoms with Gasteiger partial charge in [0.25, 0.3) is 0 Å². The van der Waals surface area contributed by atoms with Crippen LogP contribution in [0.3, 0.4) is 0 Å². The molecule has 24 heteroatoms. The minimum Gasteiger partial charge on any atom is -0.394 e. The molecule has 326 valence electrons. The fourth-order valence-corrected chi connectivity index (χ4v) is 7.26. The number of rotatable bonds is 11. The van der Waals surface area contributed by atoms with Crippen molar-refractivity contribution in [2.75, 3.05) is 13.2 Å². The molecule has 1 amide bonds. The second-order valence-electron chi connectivity index (χ2n) is 14.6. The Hall–Kier alpha value is -1.41. The van der Waals surface area contributed by atoms with Gasteiger partial charge in [0, 0.05) is 6.92 Å². The van der Waals surface area contributed by atoms with Crippen LogP contribution < -0.4 is 5.32 Å². The zero-order chi connectivity index (χ0) is 41.5. The van der Waals surface area contributed by atoms with E-state index in [0.717, 1.165) is 6.92 Å². The van der Waals surface area contributed by atoms with Crippen LogP contribution in [-0.4, -0.2) is 239 Å². The van der Waals surface area contributed by atoms with Gasteiger partial charge in [0.05, 0.1) is 31.5 Å². The van der Waals surface area contributed by atoms with E-state index in [4.69, 9.17) is 42.6 Å². The third kappa shape index (κ3) is 9.31. The monoisotopic (exact) mass is 821 g/mol. The first kappa shape index (κ1) is 45.7. The third-order valence-electron chi connectivity index (χ3n) is 10.6. The first-order chi connectivity index (χ1) is 26.3. The fourth-order valence-electron chi connectivity index (χ4n) is 7.26. The summed E-state index contributed by atoms with van der Waals surface area (Å²) < 4.78 is 52.0. The van der Waals surface area contributed by atoms with Gasteiger partial charge in [-0.05, 0) is 20.8 Å². The molecule has 24 nitrogen and oxygen atoms in total. The minimum atomic E-state index is -2.06. The van der Waals surface area contributed by atoms with E-state index in [2.05, 4.69) is 5.32 Å². The molecule has 0 bridgehead atoms. The van der Waals surface area contributed by atoms with Gasteiger partial charge in [-0.25, -0.2) is 0 Å². The zero-order valence-electron chi connectivity index (χ0n) is 30.7. The summed E-state index contributed by atoms with van der Waals surface area (Å²) in [4.78, 5) is 12.0. The first-order valence-electron chi connectivity index (χ1n) is 18.2.